The molecule has 0 saturated carbocycles. The number of hydrogen-bond acceptors (Lipinski definition) is 3. The lowest BCUT2D eigenvalue weighted by Crippen LogP contribution is -2.48. The topological polar surface area (TPSA) is 55.4 Å². The number of rotatable bonds is 2. The lowest BCUT2D eigenvalue weighted by Gasteiger charge is -2.33. The Labute approximate surface area is 137 Å². The van der Waals surface area contributed by atoms with Gasteiger partial charge in [0.05, 0.1) is 10.6 Å². The minimum atomic E-state index is -1.36. The van der Waals surface area contributed by atoms with Crippen molar-refractivity contribution >= 4 is 29.2 Å². The number of nitrogens with one attached hydrogen (secondary N) is 1. The van der Waals surface area contributed by atoms with Crippen molar-refractivity contribution in [3.05, 3.63) is 64.4 Å². The van der Waals surface area contributed by atoms with Crippen molar-refractivity contribution in [2.75, 3.05) is 5.32 Å². The molecule has 0 aliphatic carbocycles. The third-order valence-corrected chi connectivity index (χ3v) is 4.05. The standard InChI is InChI=1S/C17H13ClFNO3/c1-17(9-10-4-2-3-5-12(10)15(21)23-17)16(22)20-11-6-7-13(18)14(19)8-11/h2-8H,9H2,1H3,(H,20,22). The number of anilines is 1. The highest BCUT2D eigenvalue weighted by molar-refractivity contribution is 6.30. The van der Waals surface area contributed by atoms with E-state index in [0.29, 0.717) is 5.56 Å². The molecule has 2 aromatic rings. The third kappa shape index (κ3) is 2.92. The Balaban J connectivity index is 1.84. The van der Waals surface area contributed by atoms with Gasteiger partial charge in [-0.05, 0) is 36.8 Å². The summed E-state index contributed by atoms with van der Waals surface area (Å²) in [4.78, 5) is 24.6. The van der Waals surface area contributed by atoms with Crippen LogP contribution in [0.5, 0.6) is 0 Å². The molecule has 1 amide bonds. The number of amides is 1. The van der Waals surface area contributed by atoms with Gasteiger partial charge in [0, 0.05) is 12.1 Å². The van der Waals surface area contributed by atoms with Crippen molar-refractivity contribution in [3.8, 4) is 0 Å². The summed E-state index contributed by atoms with van der Waals surface area (Å²) in [5.74, 6) is -1.71. The molecule has 3 rings (SSSR count). The van der Waals surface area contributed by atoms with Crippen LogP contribution in [0, 0.1) is 5.82 Å². The fourth-order valence-electron chi connectivity index (χ4n) is 2.50. The maximum Gasteiger partial charge on any atom is 0.339 e. The molecule has 0 spiro atoms. The van der Waals surface area contributed by atoms with Crippen molar-refractivity contribution in [2.24, 2.45) is 0 Å². The lowest BCUT2D eigenvalue weighted by atomic mass is 9.89. The zero-order valence-electron chi connectivity index (χ0n) is 12.2. The van der Waals surface area contributed by atoms with Gasteiger partial charge in [-0.3, -0.25) is 4.79 Å². The maximum absolute atomic E-state index is 13.5. The first-order chi connectivity index (χ1) is 10.9. The van der Waals surface area contributed by atoms with Crippen LogP contribution in [0.1, 0.15) is 22.8 Å². The van der Waals surface area contributed by atoms with Gasteiger partial charge < -0.3 is 10.1 Å². The summed E-state index contributed by atoms with van der Waals surface area (Å²) in [6.07, 6.45) is 0.247. The highest BCUT2D eigenvalue weighted by Gasteiger charge is 2.42. The molecule has 1 heterocycles. The van der Waals surface area contributed by atoms with Crippen LogP contribution < -0.4 is 5.32 Å². The smallest absolute Gasteiger partial charge is 0.339 e. The fraction of sp³-hybridized carbons (Fsp3) is 0.176. The summed E-state index contributed by atoms with van der Waals surface area (Å²) in [5, 5.41) is 2.52. The van der Waals surface area contributed by atoms with Gasteiger partial charge in [-0.1, -0.05) is 29.8 Å². The first-order valence-corrected chi connectivity index (χ1v) is 7.34. The van der Waals surface area contributed by atoms with E-state index in [2.05, 4.69) is 5.32 Å². The summed E-state index contributed by atoms with van der Waals surface area (Å²) in [7, 11) is 0. The number of halogens is 2. The van der Waals surface area contributed by atoms with Gasteiger partial charge in [0.1, 0.15) is 5.82 Å². The molecule has 1 aliphatic rings. The van der Waals surface area contributed by atoms with E-state index in [4.69, 9.17) is 16.3 Å². The van der Waals surface area contributed by atoms with E-state index >= 15 is 0 Å². The van der Waals surface area contributed by atoms with E-state index < -0.39 is 23.3 Å². The van der Waals surface area contributed by atoms with Crippen LogP contribution in [0.25, 0.3) is 0 Å². The summed E-state index contributed by atoms with van der Waals surface area (Å²) >= 11 is 5.61. The van der Waals surface area contributed by atoms with Crippen LogP contribution in [0.15, 0.2) is 42.5 Å². The highest BCUT2D eigenvalue weighted by Crippen LogP contribution is 2.29. The summed E-state index contributed by atoms with van der Waals surface area (Å²) in [6.45, 7) is 1.53. The number of carbonyl (C=O) groups excluding carboxylic acids is 2. The molecule has 1 unspecified atom stereocenters. The van der Waals surface area contributed by atoms with Crippen molar-refractivity contribution < 1.29 is 18.7 Å². The average molecular weight is 334 g/mol. The Hall–Kier alpha value is -2.40. The Kier molecular flexibility index (Phi) is 3.82. The number of ether oxygens (including phenoxy) is 1. The molecule has 1 N–H and O–H groups in total. The fourth-order valence-corrected chi connectivity index (χ4v) is 2.61. The second-order valence-electron chi connectivity index (χ2n) is 5.54. The molecule has 0 fully saturated rings. The number of benzene rings is 2. The molecule has 118 valence electrons. The zero-order valence-corrected chi connectivity index (χ0v) is 13.0. The van der Waals surface area contributed by atoms with E-state index in [1.165, 1.54) is 19.1 Å². The molecule has 0 saturated heterocycles. The van der Waals surface area contributed by atoms with Crippen molar-refractivity contribution in [1.29, 1.82) is 0 Å². The van der Waals surface area contributed by atoms with Crippen LogP contribution in [-0.4, -0.2) is 17.5 Å². The molecule has 23 heavy (non-hydrogen) atoms. The third-order valence-electron chi connectivity index (χ3n) is 3.74. The predicted octanol–water partition coefficient (Wildman–Crippen LogP) is 3.59. The van der Waals surface area contributed by atoms with Gasteiger partial charge >= 0.3 is 5.97 Å². The molecule has 2 aromatic carbocycles. The summed E-state index contributed by atoms with van der Waals surface area (Å²) in [5.41, 5.74) is 0.0775. The van der Waals surface area contributed by atoms with Gasteiger partial charge in [-0.15, -0.1) is 0 Å². The number of carbonyl (C=O) groups is 2. The van der Waals surface area contributed by atoms with E-state index in [1.807, 2.05) is 0 Å². The molecular weight excluding hydrogens is 321 g/mol. The Bertz CT molecular complexity index is 808. The van der Waals surface area contributed by atoms with Crippen LogP contribution in [0.2, 0.25) is 5.02 Å². The Morgan fingerprint density at radius 1 is 1.30 bits per heavy atom. The molecular formula is C17H13ClFNO3. The molecule has 1 atom stereocenters. The van der Waals surface area contributed by atoms with Gasteiger partial charge in [0.15, 0.2) is 5.60 Å². The second-order valence-corrected chi connectivity index (χ2v) is 5.94. The van der Waals surface area contributed by atoms with Crippen LogP contribution in [0.3, 0.4) is 0 Å². The van der Waals surface area contributed by atoms with Gasteiger partial charge in [-0.2, -0.15) is 0 Å². The zero-order chi connectivity index (χ0) is 16.6. The van der Waals surface area contributed by atoms with Gasteiger partial charge in [0.25, 0.3) is 5.91 Å². The number of esters is 1. The van der Waals surface area contributed by atoms with E-state index in [9.17, 15) is 14.0 Å². The molecule has 0 aromatic heterocycles. The van der Waals surface area contributed by atoms with E-state index in [1.54, 1.807) is 24.3 Å². The summed E-state index contributed by atoms with van der Waals surface area (Å²) in [6, 6.07) is 10.9. The lowest BCUT2D eigenvalue weighted by molar-refractivity contribution is -0.134. The first kappa shape index (κ1) is 15.5. The first-order valence-electron chi connectivity index (χ1n) is 6.97. The second kappa shape index (κ2) is 5.66. The molecule has 4 nitrogen and oxygen atoms in total. The number of hydrogen-bond donors (Lipinski definition) is 1. The van der Waals surface area contributed by atoms with Crippen molar-refractivity contribution in [2.45, 2.75) is 18.9 Å². The largest absolute Gasteiger partial charge is 0.445 e. The van der Waals surface area contributed by atoms with Crippen LogP contribution in [0.4, 0.5) is 10.1 Å². The number of cyclic esters (lactones) is 1. The predicted molar refractivity (Wildman–Crippen MR) is 84.0 cm³/mol. The minimum Gasteiger partial charge on any atom is -0.445 e. The number of fused-ring (bicyclic) bond motifs is 1. The quantitative estimate of drug-likeness (QED) is 0.854. The Morgan fingerprint density at radius 3 is 2.78 bits per heavy atom. The van der Waals surface area contributed by atoms with Gasteiger partial charge in [-0.25, -0.2) is 9.18 Å². The summed E-state index contributed by atoms with van der Waals surface area (Å²) < 4.78 is 18.8. The van der Waals surface area contributed by atoms with E-state index in [-0.39, 0.29) is 17.1 Å². The Morgan fingerprint density at radius 2 is 2.04 bits per heavy atom. The average Bonchev–Trinajstić information content (AvgIpc) is 2.51. The van der Waals surface area contributed by atoms with Crippen molar-refractivity contribution in [1.82, 2.24) is 0 Å². The van der Waals surface area contributed by atoms with Crippen molar-refractivity contribution in [3.63, 3.8) is 0 Å². The maximum atomic E-state index is 13.5. The monoisotopic (exact) mass is 333 g/mol. The SMILES string of the molecule is CC1(C(=O)Nc2ccc(Cl)c(F)c2)Cc2ccccc2C(=O)O1. The molecule has 1 aliphatic heterocycles. The molecule has 6 heteroatoms. The molecule has 0 radical (unpaired) electrons. The van der Waals surface area contributed by atoms with Crippen LogP contribution in [-0.2, 0) is 16.0 Å². The molecule has 0 bridgehead atoms. The van der Waals surface area contributed by atoms with E-state index in [0.717, 1.165) is 11.6 Å². The minimum absolute atomic E-state index is 0.0350. The van der Waals surface area contributed by atoms with Crippen LogP contribution >= 0.6 is 11.6 Å². The normalized spacial score (nSPS) is 19.7. The van der Waals surface area contributed by atoms with Gasteiger partial charge in [0.2, 0.25) is 0 Å². The highest BCUT2D eigenvalue weighted by atomic mass is 35.5.